The van der Waals surface area contributed by atoms with E-state index in [1.165, 1.54) is 18.4 Å². The number of H-pyrrole nitrogens is 1. The highest BCUT2D eigenvalue weighted by Crippen LogP contribution is 2.31. The van der Waals surface area contributed by atoms with Crippen molar-refractivity contribution < 1.29 is 0 Å². The van der Waals surface area contributed by atoms with Crippen LogP contribution in [0.2, 0.25) is 0 Å². The van der Waals surface area contributed by atoms with Gasteiger partial charge < -0.3 is 4.98 Å². The molecule has 0 spiro atoms. The SMILES string of the molecule is CSc1ccc2cc(CN3CCCC[C@@H]3c3cccnc3)c(=O)[nH]c2c1. The van der Waals surface area contributed by atoms with Crippen LogP contribution in [0.3, 0.4) is 0 Å². The van der Waals surface area contributed by atoms with Crippen LogP contribution in [0.1, 0.15) is 36.4 Å². The molecular formula is C21H23N3OS. The van der Waals surface area contributed by atoms with E-state index in [0.717, 1.165) is 34.3 Å². The minimum absolute atomic E-state index is 0.0197. The standard InChI is InChI=1S/C21H23N3OS/c1-26-18-8-7-15-11-17(21(25)23-19(15)12-18)14-24-10-3-2-6-20(24)16-5-4-9-22-13-16/h4-5,7-9,11-13,20H,2-3,6,10,14H2,1H3,(H,23,25)/t20-/m1/s1. The van der Waals surface area contributed by atoms with Crippen molar-refractivity contribution in [3.05, 3.63) is 70.3 Å². The lowest BCUT2D eigenvalue weighted by Gasteiger charge is -2.35. The van der Waals surface area contributed by atoms with Crippen molar-refractivity contribution >= 4 is 22.7 Å². The monoisotopic (exact) mass is 365 g/mol. The molecule has 1 aliphatic rings. The minimum Gasteiger partial charge on any atom is -0.322 e. The fourth-order valence-corrected chi connectivity index (χ4v) is 4.26. The summed E-state index contributed by atoms with van der Waals surface area (Å²) in [5.74, 6) is 0. The van der Waals surface area contributed by atoms with Crippen molar-refractivity contribution in [3.8, 4) is 0 Å². The lowest BCUT2D eigenvalue weighted by atomic mass is 9.96. The van der Waals surface area contributed by atoms with Gasteiger partial charge in [0.2, 0.25) is 0 Å². The summed E-state index contributed by atoms with van der Waals surface area (Å²) in [4.78, 5) is 23.6. The number of piperidine rings is 1. The van der Waals surface area contributed by atoms with Gasteiger partial charge in [0.05, 0.1) is 0 Å². The molecule has 0 amide bonds. The third-order valence-electron chi connectivity index (χ3n) is 5.19. The highest BCUT2D eigenvalue weighted by molar-refractivity contribution is 7.98. The van der Waals surface area contributed by atoms with E-state index in [9.17, 15) is 4.79 Å². The molecule has 4 nitrogen and oxygen atoms in total. The first kappa shape index (κ1) is 17.3. The van der Waals surface area contributed by atoms with Crippen LogP contribution in [0, 0.1) is 0 Å². The highest BCUT2D eigenvalue weighted by atomic mass is 32.2. The summed E-state index contributed by atoms with van der Waals surface area (Å²) in [5.41, 5.74) is 3.01. The van der Waals surface area contributed by atoms with E-state index in [-0.39, 0.29) is 5.56 Å². The number of nitrogens with zero attached hydrogens (tertiary/aromatic N) is 2. The fraction of sp³-hybridized carbons (Fsp3) is 0.333. The number of thioether (sulfide) groups is 1. The van der Waals surface area contributed by atoms with Crippen LogP contribution in [0.4, 0.5) is 0 Å². The number of rotatable bonds is 4. The molecule has 0 unspecified atom stereocenters. The molecule has 5 heteroatoms. The summed E-state index contributed by atoms with van der Waals surface area (Å²) in [6, 6.07) is 12.8. The summed E-state index contributed by atoms with van der Waals surface area (Å²) in [5, 5.41) is 1.09. The number of aromatic amines is 1. The zero-order chi connectivity index (χ0) is 17.9. The third-order valence-corrected chi connectivity index (χ3v) is 5.91. The van der Waals surface area contributed by atoms with E-state index in [2.05, 4.69) is 33.1 Å². The van der Waals surface area contributed by atoms with Crippen molar-refractivity contribution in [2.24, 2.45) is 0 Å². The zero-order valence-electron chi connectivity index (χ0n) is 14.9. The number of hydrogen-bond donors (Lipinski definition) is 1. The molecule has 1 aromatic carbocycles. The number of nitrogens with one attached hydrogen (secondary N) is 1. The van der Waals surface area contributed by atoms with E-state index in [4.69, 9.17) is 0 Å². The minimum atomic E-state index is 0.0197. The van der Waals surface area contributed by atoms with E-state index in [1.807, 2.05) is 36.8 Å². The maximum atomic E-state index is 12.6. The summed E-state index contributed by atoms with van der Waals surface area (Å²) in [6.45, 7) is 1.69. The van der Waals surface area contributed by atoms with E-state index in [0.29, 0.717) is 12.6 Å². The predicted octanol–water partition coefficient (Wildman–Crippen LogP) is 4.37. The number of likely N-dealkylation sites (tertiary alicyclic amines) is 1. The van der Waals surface area contributed by atoms with Crippen LogP contribution in [0.15, 0.2) is 58.5 Å². The lowest BCUT2D eigenvalue weighted by Crippen LogP contribution is -2.34. The molecule has 3 heterocycles. The van der Waals surface area contributed by atoms with Crippen LogP contribution in [0.5, 0.6) is 0 Å². The van der Waals surface area contributed by atoms with Crippen molar-refractivity contribution in [1.82, 2.24) is 14.9 Å². The van der Waals surface area contributed by atoms with Crippen molar-refractivity contribution in [2.75, 3.05) is 12.8 Å². The van der Waals surface area contributed by atoms with Gasteiger partial charge in [-0.05, 0) is 60.9 Å². The quantitative estimate of drug-likeness (QED) is 0.698. The fourth-order valence-electron chi connectivity index (χ4n) is 3.82. The molecule has 0 saturated carbocycles. The van der Waals surface area contributed by atoms with Gasteiger partial charge in [-0.3, -0.25) is 14.7 Å². The molecule has 1 aliphatic heterocycles. The number of benzene rings is 1. The van der Waals surface area contributed by atoms with E-state index >= 15 is 0 Å². The Morgan fingerprint density at radius 1 is 1.27 bits per heavy atom. The number of hydrogen-bond acceptors (Lipinski definition) is 4. The maximum Gasteiger partial charge on any atom is 0.252 e. The second-order valence-electron chi connectivity index (χ2n) is 6.85. The molecule has 4 rings (SSSR count). The van der Waals surface area contributed by atoms with Crippen LogP contribution in [-0.2, 0) is 6.54 Å². The van der Waals surface area contributed by atoms with Gasteiger partial charge in [-0.15, -0.1) is 11.8 Å². The molecule has 0 bridgehead atoms. The van der Waals surface area contributed by atoms with Gasteiger partial charge in [-0.25, -0.2) is 0 Å². The Bertz CT molecular complexity index is 954. The number of pyridine rings is 2. The summed E-state index contributed by atoms with van der Waals surface area (Å²) in [6.07, 6.45) is 9.34. The Balaban J connectivity index is 1.64. The first-order valence-corrected chi connectivity index (χ1v) is 10.3. The topological polar surface area (TPSA) is 49.0 Å². The van der Waals surface area contributed by atoms with Gasteiger partial charge in [0, 0.05) is 41.0 Å². The summed E-state index contributed by atoms with van der Waals surface area (Å²) in [7, 11) is 0. The largest absolute Gasteiger partial charge is 0.322 e. The molecule has 26 heavy (non-hydrogen) atoms. The Morgan fingerprint density at radius 3 is 3.00 bits per heavy atom. The average molecular weight is 366 g/mol. The smallest absolute Gasteiger partial charge is 0.252 e. The number of fused-ring (bicyclic) bond motifs is 1. The molecule has 0 aliphatic carbocycles. The Morgan fingerprint density at radius 2 is 2.19 bits per heavy atom. The molecule has 2 aromatic heterocycles. The summed E-state index contributed by atoms with van der Waals surface area (Å²) >= 11 is 1.68. The molecule has 3 aromatic rings. The molecule has 1 fully saturated rings. The maximum absolute atomic E-state index is 12.6. The first-order valence-electron chi connectivity index (χ1n) is 9.08. The normalized spacial score (nSPS) is 18.3. The molecule has 1 atom stereocenters. The zero-order valence-corrected chi connectivity index (χ0v) is 15.8. The highest BCUT2D eigenvalue weighted by Gasteiger charge is 2.24. The van der Waals surface area contributed by atoms with Gasteiger partial charge in [-0.2, -0.15) is 0 Å². The second-order valence-corrected chi connectivity index (χ2v) is 7.72. The van der Waals surface area contributed by atoms with Crippen LogP contribution < -0.4 is 5.56 Å². The molecular weight excluding hydrogens is 342 g/mol. The van der Waals surface area contributed by atoms with Gasteiger partial charge in [0.25, 0.3) is 5.56 Å². The van der Waals surface area contributed by atoms with Crippen molar-refractivity contribution in [2.45, 2.75) is 36.7 Å². The van der Waals surface area contributed by atoms with Crippen LogP contribution in [-0.4, -0.2) is 27.7 Å². The van der Waals surface area contributed by atoms with E-state index in [1.54, 1.807) is 11.8 Å². The van der Waals surface area contributed by atoms with E-state index < -0.39 is 0 Å². The second kappa shape index (κ2) is 7.64. The molecule has 134 valence electrons. The Hall–Kier alpha value is -2.11. The van der Waals surface area contributed by atoms with Gasteiger partial charge in [0.15, 0.2) is 0 Å². The predicted molar refractivity (Wildman–Crippen MR) is 108 cm³/mol. The van der Waals surface area contributed by atoms with Gasteiger partial charge in [-0.1, -0.05) is 18.6 Å². The Kier molecular flexibility index (Phi) is 5.09. The summed E-state index contributed by atoms with van der Waals surface area (Å²) < 4.78 is 0. The number of aromatic nitrogens is 2. The van der Waals surface area contributed by atoms with Gasteiger partial charge >= 0.3 is 0 Å². The third kappa shape index (κ3) is 3.55. The van der Waals surface area contributed by atoms with Gasteiger partial charge in [0.1, 0.15) is 0 Å². The molecule has 0 radical (unpaired) electrons. The molecule has 1 saturated heterocycles. The molecule has 1 N–H and O–H groups in total. The lowest BCUT2D eigenvalue weighted by molar-refractivity contribution is 0.139. The first-order chi connectivity index (χ1) is 12.7. The van der Waals surface area contributed by atoms with Crippen LogP contribution in [0.25, 0.3) is 10.9 Å². The van der Waals surface area contributed by atoms with Crippen molar-refractivity contribution in [1.29, 1.82) is 0 Å². The average Bonchev–Trinajstić information content (AvgIpc) is 2.69. The van der Waals surface area contributed by atoms with Crippen molar-refractivity contribution in [3.63, 3.8) is 0 Å². The van der Waals surface area contributed by atoms with Crippen LogP contribution >= 0.6 is 11.8 Å². The Labute approximate surface area is 157 Å².